The number of carbonyl (C=O) groups excluding carboxylic acids is 5. The maximum absolute atomic E-state index is 14.8. The number of ketones is 1. The molecule has 0 radical (unpaired) electrons. The van der Waals surface area contributed by atoms with Crippen LogP contribution in [0.3, 0.4) is 0 Å². The molecule has 3 heterocycles. The number of carbonyl (C=O) groups is 5. The third-order valence-corrected chi connectivity index (χ3v) is 12.7. The number of aliphatic hydroxyl groups is 1. The molecule has 53 heavy (non-hydrogen) atoms. The lowest BCUT2D eigenvalue weighted by Gasteiger charge is -2.37. The van der Waals surface area contributed by atoms with Crippen LogP contribution in [0, 0.1) is 5.92 Å². The zero-order valence-corrected chi connectivity index (χ0v) is 30.8. The highest BCUT2D eigenvalue weighted by molar-refractivity contribution is 7.91. The van der Waals surface area contributed by atoms with E-state index in [2.05, 4.69) is 20.9 Å². The van der Waals surface area contributed by atoms with E-state index in [0.29, 0.717) is 17.7 Å². The van der Waals surface area contributed by atoms with Gasteiger partial charge in [-0.1, -0.05) is 67.6 Å². The minimum Gasteiger partial charge on any atom is -0.384 e. The minimum atomic E-state index is -3.52. The van der Waals surface area contributed by atoms with E-state index in [1.54, 1.807) is 26.0 Å². The number of Topliss-reactive ketones (excluding diaryl/α,β-unsaturated/α-hetero) is 1. The number of rotatable bonds is 11. The molecular weight excluding hydrogens is 703 g/mol. The zero-order chi connectivity index (χ0) is 38.1. The van der Waals surface area contributed by atoms with Crippen molar-refractivity contribution in [2.24, 2.45) is 11.7 Å². The summed E-state index contributed by atoms with van der Waals surface area (Å²) < 4.78 is 26.1. The van der Waals surface area contributed by atoms with E-state index in [4.69, 9.17) is 5.73 Å². The monoisotopic (exact) mass is 749 g/mol. The van der Waals surface area contributed by atoms with Crippen molar-refractivity contribution in [1.82, 2.24) is 30.5 Å². The summed E-state index contributed by atoms with van der Waals surface area (Å²) in [6.07, 6.45) is 5.87. The highest BCUT2D eigenvalue weighted by atomic mass is 32.2. The fourth-order valence-electron chi connectivity index (χ4n) is 8.03. The number of aromatic nitrogens is 3. The van der Waals surface area contributed by atoms with E-state index in [1.165, 1.54) is 15.8 Å². The Hall–Kier alpha value is -4.70. The first-order chi connectivity index (χ1) is 25.1. The molecule has 0 spiro atoms. The number of benzene rings is 2. The zero-order valence-electron chi connectivity index (χ0n) is 30.0. The highest BCUT2D eigenvalue weighted by Crippen LogP contribution is 2.35. The lowest BCUT2D eigenvalue weighted by atomic mass is 9.84. The predicted octanol–water partition coefficient (Wildman–Crippen LogP) is 1.69. The molecule has 16 heteroatoms. The molecule has 1 saturated carbocycles. The third kappa shape index (κ3) is 8.28. The molecular formula is C37H47N7O8S. The second-order valence-electron chi connectivity index (χ2n) is 15.3. The molecule has 1 aromatic heterocycles. The molecule has 0 bridgehead atoms. The summed E-state index contributed by atoms with van der Waals surface area (Å²) in [5.41, 5.74) is 2.85. The van der Waals surface area contributed by atoms with Gasteiger partial charge in [0.25, 0.3) is 11.8 Å². The molecule has 1 aliphatic carbocycles. The van der Waals surface area contributed by atoms with Crippen molar-refractivity contribution in [2.45, 2.75) is 101 Å². The van der Waals surface area contributed by atoms with Gasteiger partial charge in [0.15, 0.2) is 9.84 Å². The molecule has 15 nitrogen and oxygen atoms in total. The van der Waals surface area contributed by atoms with Gasteiger partial charge in [-0.15, -0.1) is 5.10 Å². The number of hydrogen-bond donors (Lipinski definition) is 4. The Morgan fingerprint density at radius 3 is 2.36 bits per heavy atom. The first kappa shape index (κ1) is 38.0. The predicted molar refractivity (Wildman–Crippen MR) is 194 cm³/mol. The van der Waals surface area contributed by atoms with Crippen LogP contribution in [0.2, 0.25) is 0 Å². The van der Waals surface area contributed by atoms with Crippen LogP contribution in [0.1, 0.15) is 93.7 Å². The van der Waals surface area contributed by atoms with Gasteiger partial charge in [-0.2, -0.15) is 0 Å². The molecule has 4 amide bonds. The number of likely N-dealkylation sites (tertiary alicyclic amines) is 1. The van der Waals surface area contributed by atoms with Crippen LogP contribution >= 0.6 is 0 Å². The molecule has 0 unspecified atom stereocenters. The Morgan fingerprint density at radius 1 is 1.02 bits per heavy atom. The minimum absolute atomic E-state index is 0.0159. The molecule has 2 aromatic carbocycles. The highest BCUT2D eigenvalue weighted by Gasteiger charge is 2.50. The first-order valence-corrected chi connectivity index (χ1v) is 20.0. The largest absolute Gasteiger partial charge is 0.384 e. The summed E-state index contributed by atoms with van der Waals surface area (Å²) in [4.78, 5) is 69.8. The lowest BCUT2D eigenvalue weighted by molar-refractivity contribution is -0.145. The smallest absolute Gasteiger partial charge is 0.287 e. The maximum Gasteiger partial charge on any atom is 0.287 e. The van der Waals surface area contributed by atoms with Crippen LogP contribution in [0.5, 0.6) is 0 Å². The van der Waals surface area contributed by atoms with E-state index in [0.717, 1.165) is 42.9 Å². The molecule has 3 fully saturated rings. The van der Waals surface area contributed by atoms with Gasteiger partial charge < -0.3 is 26.4 Å². The second-order valence-corrected chi connectivity index (χ2v) is 17.6. The van der Waals surface area contributed by atoms with Gasteiger partial charge in [-0.3, -0.25) is 24.0 Å². The van der Waals surface area contributed by atoms with Crippen LogP contribution in [0.4, 0.5) is 0 Å². The summed E-state index contributed by atoms with van der Waals surface area (Å²) in [5.74, 6) is -4.92. The van der Waals surface area contributed by atoms with Crippen molar-refractivity contribution in [3.05, 3.63) is 59.9 Å². The first-order valence-electron chi connectivity index (χ1n) is 18.2. The standard InChI is InChI=1S/C37H47N7O8S/c1-36(2,50)30-21-39-42-44(30)27-20-29(34(48)41-37(31(45)32(38)46)14-16-53(51,52)17-15-37)43(22-27)35(49)28(18-23-8-4-3-5-9-23)40-33(47)26-13-12-24-10-6-7-11-25(24)19-26/h6-7,10-13,19,21,23,27-29,50H,3-5,8-9,14-18,20,22H2,1-2H3,(H2,38,46)(H,40,47)(H,41,48)/t27-,28+,29-/m0/s1. The van der Waals surface area contributed by atoms with Gasteiger partial charge in [-0.25, -0.2) is 13.1 Å². The van der Waals surface area contributed by atoms with Crippen LogP contribution in [-0.2, 0) is 34.6 Å². The summed E-state index contributed by atoms with van der Waals surface area (Å²) in [5, 5.41) is 26.5. The molecule has 3 aromatic rings. The lowest BCUT2D eigenvalue weighted by Crippen LogP contribution is -2.64. The number of sulfone groups is 1. The summed E-state index contributed by atoms with van der Waals surface area (Å²) in [7, 11) is -3.52. The Bertz CT molecular complexity index is 2000. The van der Waals surface area contributed by atoms with Crippen molar-refractivity contribution in [3.63, 3.8) is 0 Å². The molecule has 284 valence electrons. The van der Waals surface area contributed by atoms with Gasteiger partial charge in [0.2, 0.25) is 17.6 Å². The van der Waals surface area contributed by atoms with Gasteiger partial charge in [0.1, 0.15) is 23.2 Å². The fourth-order valence-corrected chi connectivity index (χ4v) is 9.56. The number of hydrogen-bond acceptors (Lipinski definition) is 10. The van der Waals surface area contributed by atoms with E-state index in [1.807, 2.05) is 30.3 Å². The number of primary amides is 1. The van der Waals surface area contributed by atoms with Gasteiger partial charge in [-0.05, 0) is 61.9 Å². The normalized spacial score (nSPS) is 22.2. The van der Waals surface area contributed by atoms with Crippen molar-refractivity contribution in [2.75, 3.05) is 18.1 Å². The molecule has 2 saturated heterocycles. The molecule has 6 rings (SSSR count). The number of fused-ring (bicyclic) bond motifs is 1. The fraction of sp³-hybridized carbons (Fsp3) is 0.541. The van der Waals surface area contributed by atoms with Crippen LogP contribution in [0.25, 0.3) is 10.8 Å². The number of amides is 4. The van der Waals surface area contributed by atoms with Gasteiger partial charge >= 0.3 is 0 Å². The summed E-state index contributed by atoms with van der Waals surface area (Å²) >= 11 is 0. The number of nitrogens with two attached hydrogens (primary N) is 1. The summed E-state index contributed by atoms with van der Waals surface area (Å²) in [6.45, 7) is 3.06. The van der Waals surface area contributed by atoms with E-state index < -0.39 is 80.0 Å². The number of nitrogens with zero attached hydrogens (tertiary/aromatic N) is 4. The van der Waals surface area contributed by atoms with Crippen LogP contribution < -0.4 is 16.4 Å². The Labute approximate surface area is 307 Å². The average molecular weight is 750 g/mol. The maximum atomic E-state index is 14.8. The quantitative estimate of drug-likeness (QED) is 0.208. The van der Waals surface area contributed by atoms with Gasteiger partial charge in [0, 0.05) is 18.5 Å². The second kappa shape index (κ2) is 15.0. The molecule has 3 atom stereocenters. The Morgan fingerprint density at radius 2 is 1.70 bits per heavy atom. The molecule has 3 aliphatic rings. The Kier molecular flexibility index (Phi) is 10.7. The topological polar surface area (TPSA) is 224 Å². The van der Waals surface area contributed by atoms with Crippen molar-refractivity contribution in [1.29, 1.82) is 0 Å². The van der Waals surface area contributed by atoms with E-state index >= 15 is 0 Å². The van der Waals surface area contributed by atoms with E-state index in [-0.39, 0.29) is 31.7 Å². The number of nitrogens with one attached hydrogen (secondary N) is 2. The Balaban J connectivity index is 1.34. The summed E-state index contributed by atoms with van der Waals surface area (Å²) in [6, 6.07) is 10.0. The molecule has 2 aliphatic heterocycles. The van der Waals surface area contributed by atoms with E-state index in [9.17, 15) is 37.5 Å². The van der Waals surface area contributed by atoms with Crippen molar-refractivity contribution >= 4 is 50.0 Å². The molecule has 5 N–H and O–H groups in total. The SMILES string of the molecule is CC(C)(O)c1cnnn1[C@H]1C[C@@H](C(=O)NC2(C(=O)C(N)=O)CCS(=O)(=O)CC2)N(C(=O)[C@@H](CC2CCCCC2)NC(=O)c2ccc3ccccc3c2)C1. The van der Waals surface area contributed by atoms with Crippen LogP contribution in [0.15, 0.2) is 48.7 Å². The third-order valence-electron chi connectivity index (χ3n) is 11.0. The van der Waals surface area contributed by atoms with Crippen molar-refractivity contribution in [3.8, 4) is 0 Å². The van der Waals surface area contributed by atoms with Gasteiger partial charge in [0.05, 0.1) is 29.4 Å². The van der Waals surface area contributed by atoms with Crippen LogP contribution in [-0.4, -0.2) is 98.5 Å². The van der Waals surface area contributed by atoms with Crippen molar-refractivity contribution < 1.29 is 37.5 Å². The average Bonchev–Trinajstić information content (AvgIpc) is 3.81.